The van der Waals surface area contributed by atoms with Gasteiger partial charge in [0.1, 0.15) is 0 Å². The number of anilines is 2. The molecule has 0 N–H and O–H groups in total. The number of para-hydroxylation sites is 2. The maximum atomic E-state index is 2.35. The number of benzene rings is 2. The highest BCUT2D eigenvalue weighted by molar-refractivity contribution is 5.62. The molecule has 0 spiro atoms. The molecule has 23 heavy (non-hydrogen) atoms. The summed E-state index contributed by atoms with van der Waals surface area (Å²) >= 11 is 0. The monoisotopic (exact) mass is 315 g/mol. The lowest BCUT2D eigenvalue weighted by Gasteiger charge is -2.24. The second-order valence-electron chi connectivity index (χ2n) is 4.53. The van der Waals surface area contributed by atoms with Crippen molar-refractivity contribution in [1.29, 1.82) is 0 Å². The van der Waals surface area contributed by atoms with Crippen molar-refractivity contribution in [2.24, 2.45) is 0 Å². The first kappa shape index (κ1) is 23.5. The first-order chi connectivity index (χ1) is 11.3. The molecule has 0 unspecified atom stereocenters. The molecule has 0 amide bonds. The van der Waals surface area contributed by atoms with Crippen LogP contribution in [0.2, 0.25) is 0 Å². The Labute approximate surface area is 145 Å². The van der Waals surface area contributed by atoms with E-state index in [2.05, 4.69) is 86.3 Å². The van der Waals surface area contributed by atoms with E-state index in [9.17, 15) is 0 Å². The largest absolute Gasteiger partial charge is 0.342 e. The summed E-state index contributed by atoms with van der Waals surface area (Å²) in [7, 11) is 0. The third-order valence-electron chi connectivity index (χ3n) is 2.58. The lowest BCUT2D eigenvalue weighted by Crippen LogP contribution is -2.17. The van der Waals surface area contributed by atoms with E-state index in [1.54, 1.807) is 0 Å². The second-order valence-corrected chi connectivity index (χ2v) is 4.53. The molecule has 2 aromatic carbocycles. The topological polar surface area (TPSA) is 3.24 Å². The van der Waals surface area contributed by atoms with Crippen LogP contribution in [0.4, 0.5) is 11.4 Å². The molecule has 0 saturated carbocycles. The highest BCUT2D eigenvalue weighted by Crippen LogP contribution is 2.24. The standard InChI is InChI=1S/C15H17N.C3H8.2C2H6/c1-2-13-16(14-9-5-3-6-10-14)15-11-7-4-8-12-15;1-3-2;2*1-2/h3-12H,2,13H2,1H3;3H2,1-2H3;2*1-2H3. The van der Waals surface area contributed by atoms with Crippen LogP contribution in [0.5, 0.6) is 0 Å². The third-order valence-corrected chi connectivity index (χ3v) is 2.58. The average molecular weight is 316 g/mol. The lowest BCUT2D eigenvalue weighted by molar-refractivity contribution is 0.886. The SMILES string of the molecule is CC.CC.CCC.CCCN(c1ccccc1)c1ccccc1. The smallest absolute Gasteiger partial charge is 0.0410 e. The van der Waals surface area contributed by atoms with Crippen LogP contribution in [0.1, 0.15) is 61.3 Å². The molecule has 2 rings (SSSR count). The van der Waals surface area contributed by atoms with Crippen LogP contribution >= 0.6 is 0 Å². The molecule has 130 valence electrons. The summed E-state index contributed by atoms with van der Waals surface area (Å²) in [6.07, 6.45) is 2.39. The van der Waals surface area contributed by atoms with Gasteiger partial charge in [-0.05, 0) is 30.7 Å². The molecule has 0 aliphatic rings. The van der Waals surface area contributed by atoms with Crippen LogP contribution in [0.15, 0.2) is 60.7 Å². The van der Waals surface area contributed by atoms with Crippen molar-refractivity contribution in [3.8, 4) is 0 Å². The number of rotatable bonds is 4. The van der Waals surface area contributed by atoms with E-state index in [0.717, 1.165) is 13.0 Å². The zero-order valence-corrected chi connectivity index (χ0v) is 16.3. The van der Waals surface area contributed by atoms with E-state index in [1.165, 1.54) is 17.8 Å². The van der Waals surface area contributed by atoms with Gasteiger partial charge in [0.05, 0.1) is 0 Å². The molecule has 0 bridgehead atoms. The fraction of sp³-hybridized carbons (Fsp3) is 0.455. The molecule has 1 heteroatoms. The number of nitrogens with zero attached hydrogens (tertiary/aromatic N) is 1. The summed E-state index contributed by atoms with van der Waals surface area (Å²) < 4.78 is 0. The van der Waals surface area contributed by atoms with Gasteiger partial charge in [0.15, 0.2) is 0 Å². The average Bonchev–Trinajstić information content (AvgIpc) is 2.65. The summed E-state index contributed by atoms with van der Waals surface area (Å²) in [6.45, 7) is 15.5. The van der Waals surface area contributed by atoms with E-state index in [1.807, 2.05) is 27.7 Å². The van der Waals surface area contributed by atoms with Gasteiger partial charge < -0.3 is 4.90 Å². The van der Waals surface area contributed by atoms with E-state index in [0.29, 0.717) is 0 Å². The van der Waals surface area contributed by atoms with Gasteiger partial charge in [-0.2, -0.15) is 0 Å². The van der Waals surface area contributed by atoms with Crippen LogP contribution in [0, 0.1) is 0 Å². The summed E-state index contributed by atoms with van der Waals surface area (Å²) in [5.74, 6) is 0. The Morgan fingerprint density at radius 2 is 0.913 bits per heavy atom. The number of hydrogen-bond donors (Lipinski definition) is 0. The van der Waals surface area contributed by atoms with E-state index in [4.69, 9.17) is 0 Å². The van der Waals surface area contributed by atoms with Crippen molar-refractivity contribution in [3.05, 3.63) is 60.7 Å². The van der Waals surface area contributed by atoms with Gasteiger partial charge in [0.2, 0.25) is 0 Å². The van der Waals surface area contributed by atoms with Crippen LogP contribution in [0.25, 0.3) is 0 Å². The molecule has 0 fully saturated rings. The van der Waals surface area contributed by atoms with Gasteiger partial charge in [0.25, 0.3) is 0 Å². The summed E-state index contributed by atoms with van der Waals surface area (Å²) in [5.41, 5.74) is 2.52. The van der Waals surface area contributed by atoms with Crippen molar-refractivity contribution in [2.75, 3.05) is 11.4 Å². The van der Waals surface area contributed by atoms with Crippen molar-refractivity contribution < 1.29 is 0 Å². The molecule has 0 aliphatic heterocycles. The Balaban J connectivity index is 0. The molecule has 1 nitrogen and oxygen atoms in total. The van der Waals surface area contributed by atoms with Crippen molar-refractivity contribution in [1.82, 2.24) is 0 Å². The fourth-order valence-corrected chi connectivity index (χ4v) is 1.85. The van der Waals surface area contributed by atoms with E-state index in [-0.39, 0.29) is 0 Å². The minimum Gasteiger partial charge on any atom is -0.342 e. The van der Waals surface area contributed by atoms with Crippen molar-refractivity contribution in [3.63, 3.8) is 0 Å². The van der Waals surface area contributed by atoms with E-state index < -0.39 is 0 Å². The first-order valence-electron chi connectivity index (χ1n) is 9.21. The highest BCUT2D eigenvalue weighted by atomic mass is 15.1. The van der Waals surface area contributed by atoms with E-state index >= 15 is 0 Å². The van der Waals surface area contributed by atoms with Gasteiger partial charge in [0, 0.05) is 17.9 Å². The van der Waals surface area contributed by atoms with Gasteiger partial charge in [-0.25, -0.2) is 0 Å². The van der Waals surface area contributed by atoms with Crippen LogP contribution in [-0.4, -0.2) is 6.54 Å². The molecular formula is C22H37N. The summed E-state index contributed by atoms with van der Waals surface area (Å²) in [5, 5.41) is 0. The molecule has 0 atom stereocenters. The molecule has 2 aromatic rings. The first-order valence-corrected chi connectivity index (χ1v) is 9.21. The minimum atomic E-state index is 1.05. The third kappa shape index (κ3) is 10.6. The zero-order chi connectivity index (χ0) is 17.9. The molecule has 0 saturated heterocycles. The lowest BCUT2D eigenvalue weighted by atomic mass is 10.2. The molecule has 0 heterocycles. The van der Waals surface area contributed by atoms with Gasteiger partial charge in [-0.1, -0.05) is 91.3 Å². The highest BCUT2D eigenvalue weighted by Gasteiger charge is 2.06. The maximum absolute atomic E-state index is 2.35. The zero-order valence-electron chi connectivity index (χ0n) is 16.3. The Morgan fingerprint density at radius 1 is 0.609 bits per heavy atom. The normalized spacial score (nSPS) is 8.30. The molecule has 0 aromatic heterocycles. The quantitative estimate of drug-likeness (QED) is 0.558. The van der Waals surface area contributed by atoms with Crippen LogP contribution in [-0.2, 0) is 0 Å². The van der Waals surface area contributed by atoms with Gasteiger partial charge in [-0.15, -0.1) is 0 Å². The molecule has 0 aliphatic carbocycles. The summed E-state index contributed by atoms with van der Waals surface area (Å²) in [4.78, 5) is 2.35. The van der Waals surface area contributed by atoms with Gasteiger partial charge in [-0.3, -0.25) is 0 Å². The Bertz CT molecular complexity index is 383. The number of hydrogen-bond acceptors (Lipinski definition) is 1. The van der Waals surface area contributed by atoms with Crippen molar-refractivity contribution in [2.45, 2.75) is 61.3 Å². The Hall–Kier alpha value is -1.76. The molecular weight excluding hydrogens is 278 g/mol. The second kappa shape index (κ2) is 18.3. The Morgan fingerprint density at radius 3 is 1.17 bits per heavy atom. The fourth-order valence-electron chi connectivity index (χ4n) is 1.85. The minimum absolute atomic E-state index is 1.05. The van der Waals surface area contributed by atoms with Gasteiger partial charge >= 0.3 is 0 Å². The predicted molar refractivity (Wildman–Crippen MR) is 109 cm³/mol. The van der Waals surface area contributed by atoms with Crippen LogP contribution < -0.4 is 4.90 Å². The van der Waals surface area contributed by atoms with Crippen LogP contribution in [0.3, 0.4) is 0 Å². The molecule has 0 radical (unpaired) electrons. The maximum Gasteiger partial charge on any atom is 0.0410 e. The Kier molecular flexibility index (Phi) is 18.7. The van der Waals surface area contributed by atoms with Crippen molar-refractivity contribution >= 4 is 11.4 Å². The predicted octanol–water partition coefficient (Wildman–Crippen LogP) is 7.70. The summed E-state index contributed by atoms with van der Waals surface area (Å²) in [6, 6.07) is 21.1.